The number of amides is 2. The van der Waals surface area contributed by atoms with Gasteiger partial charge >= 0.3 is 6.18 Å². The first-order chi connectivity index (χ1) is 12.8. The van der Waals surface area contributed by atoms with Crippen LogP contribution in [0.25, 0.3) is 0 Å². The number of carbonyl (C=O) groups is 2. The second-order valence-electron chi connectivity index (χ2n) is 6.37. The van der Waals surface area contributed by atoms with Gasteiger partial charge in [-0.15, -0.1) is 0 Å². The molecule has 0 radical (unpaired) electrons. The van der Waals surface area contributed by atoms with E-state index in [1.165, 1.54) is 18.2 Å². The smallest absolute Gasteiger partial charge is 0.273 e. The van der Waals surface area contributed by atoms with Crippen molar-refractivity contribution in [3.63, 3.8) is 0 Å². The van der Waals surface area contributed by atoms with Gasteiger partial charge in [-0.1, -0.05) is 41.9 Å². The maximum absolute atomic E-state index is 13.1. The van der Waals surface area contributed by atoms with Gasteiger partial charge in [0.05, 0.1) is 12.0 Å². The van der Waals surface area contributed by atoms with E-state index in [0.717, 1.165) is 11.6 Å². The molecule has 0 saturated heterocycles. The first kappa shape index (κ1) is 19.2. The van der Waals surface area contributed by atoms with Crippen molar-refractivity contribution in [3.05, 3.63) is 70.2 Å². The number of hydrogen-bond acceptors (Lipinski definition) is 2. The molecule has 27 heavy (non-hydrogen) atoms. The van der Waals surface area contributed by atoms with Gasteiger partial charge in [-0.2, -0.15) is 13.2 Å². The molecule has 4 nitrogen and oxygen atoms in total. The Hall–Kier alpha value is -2.54. The number of rotatable bonds is 4. The van der Waals surface area contributed by atoms with Crippen LogP contribution in [0.3, 0.4) is 0 Å². The largest absolute Gasteiger partial charge is 0.416 e. The van der Waals surface area contributed by atoms with Gasteiger partial charge in [-0.3, -0.25) is 20.4 Å². The Balaban J connectivity index is 1.53. The van der Waals surface area contributed by atoms with Crippen molar-refractivity contribution < 1.29 is 22.8 Å². The number of benzene rings is 2. The third kappa shape index (κ3) is 4.80. The average Bonchev–Trinajstić information content (AvgIpc) is 3.42. The third-order valence-corrected chi connectivity index (χ3v) is 4.65. The molecule has 0 aliphatic heterocycles. The summed E-state index contributed by atoms with van der Waals surface area (Å²) in [7, 11) is 0. The molecule has 0 bridgehead atoms. The molecular weight excluding hydrogens is 381 g/mol. The summed E-state index contributed by atoms with van der Waals surface area (Å²) >= 11 is 5.77. The lowest BCUT2D eigenvalue weighted by Gasteiger charge is -2.12. The van der Waals surface area contributed by atoms with Crippen LogP contribution in [0.1, 0.15) is 29.0 Å². The van der Waals surface area contributed by atoms with E-state index in [1.807, 2.05) is 0 Å². The van der Waals surface area contributed by atoms with Crippen LogP contribution in [-0.4, -0.2) is 11.8 Å². The summed E-state index contributed by atoms with van der Waals surface area (Å²) in [5.74, 6) is -2.03. The zero-order valence-electron chi connectivity index (χ0n) is 14.0. The molecule has 0 aromatic heterocycles. The summed E-state index contributed by atoms with van der Waals surface area (Å²) in [6, 6.07) is 11.9. The van der Waals surface area contributed by atoms with Crippen LogP contribution in [0.15, 0.2) is 48.5 Å². The number of halogens is 4. The van der Waals surface area contributed by atoms with Crippen LogP contribution in [0.5, 0.6) is 0 Å². The van der Waals surface area contributed by atoms with E-state index < -0.39 is 35.4 Å². The Morgan fingerprint density at radius 3 is 2.37 bits per heavy atom. The maximum atomic E-state index is 13.1. The molecule has 1 fully saturated rings. The van der Waals surface area contributed by atoms with Crippen molar-refractivity contribution >= 4 is 23.4 Å². The second kappa shape index (κ2) is 7.60. The van der Waals surface area contributed by atoms with Gasteiger partial charge in [-0.05, 0) is 41.7 Å². The standard InChI is InChI=1S/C19H16ClF3N2O2/c20-12-7-5-11(6-8-12)9-17(26)24-25-18(27)15-10-14(15)13-3-1-2-4-16(13)19(21,22)23/h1-8,14-15H,9-10H2,(H,24,26)(H,25,27). The van der Waals surface area contributed by atoms with Crippen molar-refractivity contribution in [1.29, 1.82) is 0 Å². The molecule has 1 aliphatic rings. The van der Waals surface area contributed by atoms with Crippen LogP contribution in [0, 0.1) is 5.92 Å². The number of hydrazine groups is 1. The van der Waals surface area contributed by atoms with E-state index in [-0.39, 0.29) is 12.0 Å². The predicted octanol–water partition coefficient (Wildman–Crippen LogP) is 3.85. The summed E-state index contributed by atoms with van der Waals surface area (Å²) in [5, 5.41) is 0.548. The molecule has 142 valence electrons. The van der Waals surface area contributed by atoms with Crippen LogP contribution in [-0.2, 0) is 22.2 Å². The molecule has 0 heterocycles. The monoisotopic (exact) mass is 396 g/mol. The molecular formula is C19H16ClF3N2O2. The third-order valence-electron chi connectivity index (χ3n) is 4.40. The first-order valence-corrected chi connectivity index (χ1v) is 8.63. The fraction of sp³-hybridized carbons (Fsp3) is 0.263. The van der Waals surface area contributed by atoms with Gasteiger partial charge in [-0.25, -0.2) is 0 Å². The highest BCUT2D eigenvalue weighted by molar-refractivity contribution is 6.30. The number of hydrogen-bond donors (Lipinski definition) is 2. The Morgan fingerprint density at radius 1 is 1.04 bits per heavy atom. The van der Waals surface area contributed by atoms with Gasteiger partial charge in [0, 0.05) is 10.9 Å². The van der Waals surface area contributed by atoms with E-state index in [1.54, 1.807) is 24.3 Å². The number of carbonyl (C=O) groups excluding carboxylic acids is 2. The average molecular weight is 397 g/mol. The van der Waals surface area contributed by atoms with E-state index in [9.17, 15) is 22.8 Å². The van der Waals surface area contributed by atoms with E-state index in [2.05, 4.69) is 10.9 Å². The fourth-order valence-corrected chi connectivity index (χ4v) is 3.09. The normalized spacial score (nSPS) is 18.7. The zero-order chi connectivity index (χ0) is 19.6. The summed E-state index contributed by atoms with van der Waals surface area (Å²) < 4.78 is 39.3. The SMILES string of the molecule is O=C(Cc1ccc(Cl)cc1)NNC(=O)C1CC1c1ccccc1C(F)(F)F. The Morgan fingerprint density at radius 2 is 1.70 bits per heavy atom. The molecule has 3 rings (SSSR count). The van der Waals surface area contributed by atoms with Gasteiger partial charge in [0.25, 0.3) is 0 Å². The molecule has 1 aliphatic carbocycles. The molecule has 2 aromatic carbocycles. The molecule has 1 saturated carbocycles. The quantitative estimate of drug-likeness (QED) is 0.771. The van der Waals surface area contributed by atoms with Crippen molar-refractivity contribution in [2.24, 2.45) is 5.92 Å². The van der Waals surface area contributed by atoms with Crippen molar-refractivity contribution in [1.82, 2.24) is 10.9 Å². The summed E-state index contributed by atoms with van der Waals surface area (Å²) in [6.07, 6.45) is -4.11. The van der Waals surface area contributed by atoms with Crippen LogP contribution in [0.2, 0.25) is 5.02 Å². The van der Waals surface area contributed by atoms with Gasteiger partial charge in [0.2, 0.25) is 11.8 Å². The van der Waals surface area contributed by atoms with Crippen molar-refractivity contribution in [2.45, 2.75) is 24.9 Å². The minimum Gasteiger partial charge on any atom is -0.273 e. The lowest BCUT2D eigenvalue weighted by atomic mass is 10.0. The molecule has 2 unspecified atom stereocenters. The molecule has 2 amide bonds. The topological polar surface area (TPSA) is 58.2 Å². The molecule has 2 aromatic rings. The van der Waals surface area contributed by atoms with E-state index in [4.69, 9.17) is 11.6 Å². The lowest BCUT2D eigenvalue weighted by Crippen LogP contribution is -2.43. The number of nitrogens with one attached hydrogen (secondary N) is 2. The van der Waals surface area contributed by atoms with E-state index in [0.29, 0.717) is 11.4 Å². The van der Waals surface area contributed by atoms with Crippen LogP contribution < -0.4 is 10.9 Å². The van der Waals surface area contributed by atoms with E-state index >= 15 is 0 Å². The highest BCUT2D eigenvalue weighted by Gasteiger charge is 2.47. The van der Waals surface area contributed by atoms with Crippen molar-refractivity contribution in [3.8, 4) is 0 Å². The lowest BCUT2D eigenvalue weighted by molar-refractivity contribution is -0.138. The predicted molar refractivity (Wildman–Crippen MR) is 93.7 cm³/mol. The van der Waals surface area contributed by atoms with Gasteiger partial charge in [0.1, 0.15) is 0 Å². The van der Waals surface area contributed by atoms with Gasteiger partial charge in [0.15, 0.2) is 0 Å². The highest BCUT2D eigenvalue weighted by Crippen LogP contribution is 2.50. The summed E-state index contributed by atoms with van der Waals surface area (Å²) in [6.45, 7) is 0. The minimum atomic E-state index is -4.47. The van der Waals surface area contributed by atoms with Crippen LogP contribution in [0.4, 0.5) is 13.2 Å². The Labute approximate surface area is 158 Å². The second-order valence-corrected chi connectivity index (χ2v) is 6.81. The highest BCUT2D eigenvalue weighted by atomic mass is 35.5. The fourth-order valence-electron chi connectivity index (χ4n) is 2.96. The molecule has 2 atom stereocenters. The first-order valence-electron chi connectivity index (χ1n) is 8.25. The zero-order valence-corrected chi connectivity index (χ0v) is 14.8. The van der Waals surface area contributed by atoms with Crippen molar-refractivity contribution in [2.75, 3.05) is 0 Å². The number of alkyl halides is 3. The molecule has 2 N–H and O–H groups in total. The molecule has 0 spiro atoms. The minimum absolute atomic E-state index is 0.0441. The van der Waals surface area contributed by atoms with Crippen LogP contribution >= 0.6 is 11.6 Å². The summed E-state index contributed by atoms with van der Waals surface area (Å²) in [5.41, 5.74) is 4.68. The molecule has 8 heteroatoms. The Kier molecular flexibility index (Phi) is 5.41. The van der Waals surface area contributed by atoms with Gasteiger partial charge < -0.3 is 0 Å². The summed E-state index contributed by atoms with van der Waals surface area (Å²) in [4.78, 5) is 24.0. The maximum Gasteiger partial charge on any atom is 0.416 e. The Bertz CT molecular complexity index is 853.